The summed E-state index contributed by atoms with van der Waals surface area (Å²) in [5.74, 6) is 0.499. The molecular formula is C12H12N4. The zero-order valence-corrected chi connectivity index (χ0v) is 9.01. The van der Waals surface area contributed by atoms with E-state index in [1.54, 1.807) is 16.8 Å². The molecule has 16 heavy (non-hydrogen) atoms. The summed E-state index contributed by atoms with van der Waals surface area (Å²) in [5, 5.41) is 13.0. The van der Waals surface area contributed by atoms with Crippen molar-refractivity contribution in [1.82, 2.24) is 9.78 Å². The Hall–Kier alpha value is -2.28. The molecule has 2 rings (SSSR count). The van der Waals surface area contributed by atoms with Crippen molar-refractivity contribution in [2.24, 2.45) is 0 Å². The summed E-state index contributed by atoms with van der Waals surface area (Å²) in [5.41, 5.74) is 8.19. The molecule has 0 aliphatic carbocycles. The summed E-state index contributed by atoms with van der Waals surface area (Å²) in [6.45, 7) is 2.04. The fourth-order valence-corrected chi connectivity index (χ4v) is 1.62. The Morgan fingerprint density at radius 3 is 2.94 bits per heavy atom. The molecule has 0 saturated carbocycles. The smallest absolute Gasteiger partial charge is 0.146 e. The summed E-state index contributed by atoms with van der Waals surface area (Å²) >= 11 is 0. The molecule has 4 nitrogen and oxygen atoms in total. The van der Waals surface area contributed by atoms with Gasteiger partial charge in [0.1, 0.15) is 5.82 Å². The Morgan fingerprint density at radius 1 is 1.44 bits per heavy atom. The van der Waals surface area contributed by atoms with E-state index < -0.39 is 0 Å². The van der Waals surface area contributed by atoms with Gasteiger partial charge < -0.3 is 5.73 Å². The Bertz CT molecular complexity index is 548. The lowest BCUT2D eigenvalue weighted by Crippen LogP contribution is -2.01. The highest BCUT2D eigenvalue weighted by Crippen LogP contribution is 2.15. The van der Waals surface area contributed by atoms with Gasteiger partial charge in [-0.25, -0.2) is 4.68 Å². The minimum Gasteiger partial charge on any atom is -0.382 e. The molecular weight excluding hydrogens is 200 g/mol. The van der Waals surface area contributed by atoms with Gasteiger partial charge in [0.05, 0.1) is 17.3 Å². The fourth-order valence-electron chi connectivity index (χ4n) is 1.62. The molecule has 80 valence electrons. The Labute approximate surface area is 93.9 Å². The lowest BCUT2D eigenvalue weighted by atomic mass is 10.2. The van der Waals surface area contributed by atoms with E-state index in [2.05, 4.69) is 11.2 Å². The molecule has 0 fully saturated rings. The number of nitrogens with zero attached hydrogens (tertiary/aromatic N) is 3. The maximum atomic E-state index is 8.84. The highest BCUT2D eigenvalue weighted by atomic mass is 15.3. The molecule has 0 amide bonds. The van der Waals surface area contributed by atoms with E-state index in [-0.39, 0.29) is 0 Å². The van der Waals surface area contributed by atoms with Crippen LogP contribution in [-0.4, -0.2) is 9.78 Å². The number of hydrogen-bond acceptors (Lipinski definition) is 3. The van der Waals surface area contributed by atoms with Crippen LogP contribution in [0.4, 0.5) is 5.82 Å². The van der Waals surface area contributed by atoms with Crippen molar-refractivity contribution in [2.75, 3.05) is 5.73 Å². The maximum absolute atomic E-state index is 8.84. The quantitative estimate of drug-likeness (QED) is 0.826. The summed E-state index contributed by atoms with van der Waals surface area (Å²) < 4.78 is 1.77. The van der Waals surface area contributed by atoms with Gasteiger partial charge in [-0.1, -0.05) is 13.0 Å². The molecule has 0 spiro atoms. The topological polar surface area (TPSA) is 67.6 Å². The van der Waals surface area contributed by atoms with Crippen LogP contribution < -0.4 is 5.73 Å². The van der Waals surface area contributed by atoms with E-state index in [9.17, 15) is 0 Å². The molecule has 1 aromatic carbocycles. The number of nitrogen functional groups attached to an aromatic ring is 1. The molecule has 4 heteroatoms. The molecule has 2 N–H and O–H groups in total. The summed E-state index contributed by atoms with van der Waals surface area (Å²) in [6.07, 6.45) is 0.848. The Morgan fingerprint density at radius 2 is 2.25 bits per heavy atom. The predicted octanol–water partition coefficient (Wildman–Crippen LogP) is 1.89. The second kappa shape index (κ2) is 4.07. The van der Waals surface area contributed by atoms with Crippen LogP contribution in [0.25, 0.3) is 5.69 Å². The van der Waals surface area contributed by atoms with Gasteiger partial charge in [-0.2, -0.15) is 10.4 Å². The molecule has 0 atom stereocenters. The molecule has 0 saturated heterocycles. The lowest BCUT2D eigenvalue weighted by molar-refractivity contribution is 0.817. The van der Waals surface area contributed by atoms with Gasteiger partial charge in [0.25, 0.3) is 0 Å². The summed E-state index contributed by atoms with van der Waals surface area (Å²) in [4.78, 5) is 0. The largest absolute Gasteiger partial charge is 0.382 e. The van der Waals surface area contributed by atoms with Crippen molar-refractivity contribution >= 4 is 5.82 Å². The van der Waals surface area contributed by atoms with E-state index in [0.29, 0.717) is 11.4 Å². The van der Waals surface area contributed by atoms with Crippen LogP contribution in [-0.2, 0) is 6.42 Å². The zero-order chi connectivity index (χ0) is 11.5. The van der Waals surface area contributed by atoms with Gasteiger partial charge >= 0.3 is 0 Å². The molecule has 1 heterocycles. The standard InChI is InChI=1S/C12H12N4/c1-2-10-7-12(14)15-16(10)11-5-3-4-9(6-11)8-13/h3-7H,2H2,1H3,(H2,14,15). The molecule has 2 aromatic rings. The van der Waals surface area contributed by atoms with Crippen molar-refractivity contribution < 1.29 is 0 Å². The Kier molecular flexibility index (Phi) is 2.61. The minimum absolute atomic E-state index is 0.499. The third-order valence-corrected chi connectivity index (χ3v) is 2.38. The van der Waals surface area contributed by atoms with Crippen molar-refractivity contribution in [1.29, 1.82) is 5.26 Å². The van der Waals surface area contributed by atoms with Crippen LogP contribution in [0, 0.1) is 11.3 Å². The minimum atomic E-state index is 0.499. The third-order valence-electron chi connectivity index (χ3n) is 2.38. The number of nitriles is 1. The zero-order valence-electron chi connectivity index (χ0n) is 9.01. The van der Waals surface area contributed by atoms with Crippen LogP contribution in [0.2, 0.25) is 0 Å². The first-order valence-electron chi connectivity index (χ1n) is 5.09. The van der Waals surface area contributed by atoms with Gasteiger partial charge in [-0.15, -0.1) is 0 Å². The number of rotatable bonds is 2. The van der Waals surface area contributed by atoms with Crippen LogP contribution in [0.1, 0.15) is 18.2 Å². The van der Waals surface area contributed by atoms with Crippen LogP contribution in [0.3, 0.4) is 0 Å². The normalized spacial score (nSPS) is 10.0. The van der Waals surface area contributed by atoms with Gasteiger partial charge in [-0.05, 0) is 24.6 Å². The number of aromatic nitrogens is 2. The summed E-state index contributed by atoms with van der Waals surface area (Å²) in [6, 6.07) is 11.3. The first-order chi connectivity index (χ1) is 7.74. The van der Waals surface area contributed by atoms with E-state index >= 15 is 0 Å². The second-order valence-corrected chi connectivity index (χ2v) is 3.49. The van der Waals surface area contributed by atoms with E-state index in [1.165, 1.54) is 0 Å². The highest BCUT2D eigenvalue weighted by molar-refractivity contribution is 5.44. The van der Waals surface area contributed by atoms with Crippen LogP contribution in [0.15, 0.2) is 30.3 Å². The first kappa shape index (κ1) is 10.2. The number of anilines is 1. The van der Waals surface area contributed by atoms with Crippen molar-refractivity contribution in [3.05, 3.63) is 41.6 Å². The van der Waals surface area contributed by atoms with Gasteiger partial charge in [0, 0.05) is 11.8 Å². The number of benzene rings is 1. The fraction of sp³-hybridized carbons (Fsp3) is 0.167. The van der Waals surface area contributed by atoms with Crippen LogP contribution in [0.5, 0.6) is 0 Å². The summed E-state index contributed by atoms with van der Waals surface area (Å²) in [7, 11) is 0. The number of aryl methyl sites for hydroxylation is 1. The van der Waals surface area contributed by atoms with Gasteiger partial charge in [0.15, 0.2) is 0 Å². The van der Waals surface area contributed by atoms with Crippen molar-refractivity contribution in [2.45, 2.75) is 13.3 Å². The monoisotopic (exact) mass is 212 g/mol. The predicted molar refractivity (Wildman–Crippen MR) is 62.1 cm³/mol. The molecule has 0 aliphatic heterocycles. The molecule has 0 aliphatic rings. The number of nitrogens with two attached hydrogens (primary N) is 1. The Balaban J connectivity index is 2.54. The van der Waals surface area contributed by atoms with Crippen molar-refractivity contribution in [3.63, 3.8) is 0 Å². The molecule has 0 unspecified atom stereocenters. The molecule has 0 bridgehead atoms. The van der Waals surface area contributed by atoms with Crippen molar-refractivity contribution in [3.8, 4) is 11.8 Å². The number of hydrogen-bond donors (Lipinski definition) is 1. The first-order valence-corrected chi connectivity index (χ1v) is 5.09. The maximum Gasteiger partial charge on any atom is 0.146 e. The van der Waals surface area contributed by atoms with Gasteiger partial charge in [0.2, 0.25) is 0 Å². The van der Waals surface area contributed by atoms with E-state index in [4.69, 9.17) is 11.0 Å². The average molecular weight is 212 g/mol. The highest BCUT2D eigenvalue weighted by Gasteiger charge is 2.06. The van der Waals surface area contributed by atoms with E-state index in [0.717, 1.165) is 17.8 Å². The second-order valence-electron chi connectivity index (χ2n) is 3.49. The molecule has 0 radical (unpaired) electrons. The lowest BCUT2D eigenvalue weighted by Gasteiger charge is -2.05. The van der Waals surface area contributed by atoms with E-state index in [1.807, 2.05) is 25.1 Å². The van der Waals surface area contributed by atoms with Gasteiger partial charge in [-0.3, -0.25) is 0 Å². The third kappa shape index (κ3) is 1.75. The molecule has 1 aromatic heterocycles. The average Bonchev–Trinajstić information content (AvgIpc) is 2.70. The van der Waals surface area contributed by atoms with Crippen LogP contribution >= 0.6 is 0 Å². The SMILES string of the molecule is CCc1cc(N)nn1-c1cccc(C#N)c1.